The molecule has 0 radical (unpaired) electrons. The van der Waals surface area contributed by atoms with Gasteiger partial charge in [0.15, 0.2) is 0 Å². The Balaban J connectivity index is 2.40. The molecule has 0 amide bonds. The highest BCUT2D eigenvalue weighted by Crippen LogP contribution is 2.18. The Kier molecular flexibility index (Phi) is 2.09. The number of nitrogens with two attached hydrogens (primary N) is 1. The van der Waals surface area contributed by atoms with Gasteiger partial charge in [-0.25, -0.2) is 0 Å². The summed E-state index contributed by atoms with van der Waals surface area (Å²) in [6.07, 6.45) is 1.34. The van der Waals surface area contributed by atoms with Gasteiger partial charge in [0.25, 0.3) is 0 Å². The SMILES string of the molecule is CC(C)[C@H]1OCC[C@H]1N. The molecular formula is C7H15NO. The lowest BCUT2D eigenvalue weighted by Gasteiger charge is -2.17. The van der Waals surface area contributed by atoms with Crippen LogP contribution < -0.4 is 5.73 Å². The Labute approximate surface area is 56.4 Å². The van der Waals surface area contributed by atoms with Gasteiger partial charge in [-0.05, 0) is 12.3 Å². The predicted molar refractivity (Wildman–Crippen MR) is 37.2 cm³/mol. The van der Waals surface area contributed by atoms with E-state index in [1.807, 2.05) is 0 Å². The molecule has 0 aliphatic carbocycles. The highest BCUT2D eigenvalue weighted by atomic mass is 16.5. The Morgan fingerprint density at radius 1 is 1.56 bits per heavy atom. The molecule has 1 heterocycles. The van der Waals surface area contributed by atoms with Gasteiger partial charge >= 0.3 is 0 Å². The van der Waals surface area contributed by atoms with Gasteiger partial charge in [-0.3, -0.25) is 0 Å². The fraction of sp³-hybridized carbons (Fsp3) is 1.00. The van der Waals surface area contributed by atoms with Gasteiger partial charge in [0.2, 0.25) is 0 Å². The maximum atomic E-state index is 5.75. The zero-order chi connectivity index (χ0) is 6.85. The first-order valence-electron chi connectivity index (χ1n) is 3.59. The van der Waals surface area contributed by atoms with Gasteiger partial charge in [0.1, 0.15) is 0 Å². The number of hydrogen-bond donors (Lipinski definition) is 1. The summed E-state index contributed by atoms with van der Waals surface area (Å²) in [5, 5.41) is 0. The van der Waals surface area contributed by atoms with E-state index < -0.39 is 0 Å². The zero-order valence-electron chi connectivity index (χ0n) is 6.13. The van der Waals surface area contributed by atoms with Crippen LogP contribution in [0.3, 0.4) is 0 Å². The van der Waals surface area contributed by atoms with Crippen molar-refractivity contribution in [1.82, 2.24) is 0 Å². The summed E-state index contributed by atoms with van der Waals surface area (Å²) in [4.78, 5) is 0. The number of ether oxygens (including phenoxy) is 1. The largest absolute Gasteiger partial charge is 0.376 e. The Hall–Kier alpha value is -0.0800. The lowest BCUT2D eigenvalue weighted by Crippen LogP contribution is -2.33. The molecule has 0 aromatic carbocycles. The normalized spacial score (nSPS) is 36.0. The van der Waals surface area contributed by atoms with Gasteiger partial charge in [0, 0.05) is 12.6 Å². The first-order chi connectivity index (χ1) is 4.22. The van der Waals surface area contributed by atoms with Crippen molar-refractivity contribution >= 4 is 0 Å². The molecule has 0 aromatic rings. The second-order valence-electron chi connectivity index (χ2n) is 3.03. The highest BCUT2D eigenvalue weighted by molar-refractivity contribution is 4.80. The monoisotopic (exact) mass is 129 g/mol. The molecule has 9 heavy (non-hydrogen) atoms. The van der Waals surface area contributed by atoms with Crippen LogP contribution in [0.1, 0.15) is 20.3 Å². The zero-order valence-corrected chi connectivity index (χ0v) is 6.13. The molecule has 1 aliphatic heterocycles. The first kappa shape index (κ1) is 7.03. The summed E-state index contributed by atoms with van der Waals surface area (Å²) in [5.74, 6) is 0.572. The first-order valence-corrected chi connectivity index (χ1v) is 3.59. The molecule has 0 aromatic heterocycles. The molecule has 0 spiro atoms. The predicted octanol–water partition coefficient (Wildman–Crippen LogP) is 0.759. The second-order valence-corrected chi connectivity index (χ2v) is 3.03. The van der Waals surface area contributed by atoms with Gasteiger partial charge in [0.05, 0.1) is 6.10 Å². The third-order valence-corrected chi connectivity index (χ3v) is 1.84. The van der Waals surface area contributed by atoms with Crippen LogP contribution in [0.25, 0.3) is 0 Å². The Bertz CT molecular complexity index is 92.9. The van der Waals surface area contributed by atoms with Crippen molar-refractivity contribution in [2.75, 3.05) is 6.61 Å². The van der Waals surface area contributed by atoms with Crippen molar-refractivity contribution in [3.8, 4) is 0 Å². The van der Waals surface area contributed by atoms with Crippen molar-refractivity contribution < 1.29 is 4.74 Å². The minimum absolute atomic E-state index is 0.282. The summed E-state index contributed by atoms with van der Waals surface area (Å²) in [6, 6.07) is 0.282. The van der Waals surface area contributed by atoms with E-state index in [4.69, 9.17) is 10.5 Å². The van der Waals surface area contributed by atoms with E-state index in [-0.39, 0.29) is 6.04 Å². The van der Waals surface area contributed by atoms with Crippen LogP contribution in [0, 0.1) is 5.92 Å². The lowest BCUT2D eigenvalue weighted by atomic mass is 10.0. The molecular weight excluding hydrogens is 114 g/mol. The third-order valence-electron chi connectivity index (χ3n) is 1.84. The molecule has 0 saturated carbocycles. The highest BCUT2D eigenvalue weighted by Gasteiger charge is 2.26. The smallest absolute Gasteiger partial charge is 0.0749 e. The number of hydrogen-bond acceptors (Lipinski definition) is 2. The van der Waals surface area contributed by atoms with E-state index in [0.717, 1.165) is 13.0 Å². The fourth-order valence-corrected chi connectivity index (χ4v) is 1.31. The minimum atomic E-state index is 0.282. The maximum Gasteiger partial charge on any atom is 0.0749 e. The molecule has 1 rings (SSSR count). The standard InChI is InChI=1S/C7H15NO/c1-5(2)7-6(8)3-4-9-7/h5-7H,3-4,8H2,1-2H3/t6-,7-/m1/s1. The van der Waals surface area contributed by atoms with E-state index in [9.17, 15) is 0 Å². The van der Waals surface area contributed by atoms with E-state index in [0.29, 0.717) is 12.0 Å². The maximum absolute atomic E-state index is 5.75. The average molecular weight is 129 g/mol. The molecule has 2 atom stereocenters. The Morgan fingerprint density at radius 3 is 2.44 bits per heavy atom. The fourth-order valence-electron chi connectivity index (χ4n) is 1.31. The van der Waals surface area contributed by atoms with Gasteiger partial charge in [-0.2, -0.15) is 0 Å². The molecule has 54 valence electrons. The van der Waals surface area contributed by atoms with E-state index in [1.54, 1.807) is 0 Å². The van der Waals surface area contributed by atoms with E-state index >= 15 is 0 Å². The molecule has 0 unspecified atom stereocenters. The van der Waals surface area contributed by atoms with Crippen LogP contribution in [-0.2, 0) is 4.74 Å². The third kappa shape index (κ3) is 1.43. The van der Waals surface area contributed by atoms with Crippen LogP contribution in [0.2, 0.25) is 0 Å². The average Bonchev–Trinajstić information content (AvgIpc) is 2.13. The van der Waals surface area contributed by atoms with E-state index in [1.165, 1.54) is 0 Å². The molecule has 1 aliphatic rings. The van der Waals surface area contributed by atoms with Crippen LogP contribution in [-0.4, -0.2) is 18.8 Å². The van der Waals surface area contributed by atoms with Gasteiger partial charge in [-0.15, -0.1) is 0 Å². The van der Waals surface area contributed by atoms with Crippen molar-refractivity contribution in [3.63, 3.8) is 0 Å². The van der Waals surface area contributed by atoms with Crippen LogP contribution in [0.15, 0.2) is 0 Å². The minimum Gasteiger partial charge on any atom is -0.376 e. The summed E-state index contributed by atoms with van der Waals surface area (Å²) in [5.41, 5.74) is 5.75. The summed E-state index contributed by atoms with van der Waals surface area (Å²) >= 11 is 0. The van der Waals surface area contributed by atoms with Crippen LogP contribution in [0.4, 0.5) is 0 Å². The van der Waals surface area contributed by atoms with Crippen molar-refractivity contribution in [2.24, 2.45) is 11.7 Å². The lowest BCUT2D eigenvalue weighted by molar-refractivity contribution is 0.0687. The van der Waals surface area contributed by atoms with E-state index in [2.05, 4.69) is 13.8 Å². The summed E-state index contributed by atoms with van der Waals surface area (Å²) in [7, 11) is 0. The van der Waals surface area contributed by atoms with Crippen LogP contribution >= 0.6 is 0 Å². The molecule has 0 bridgehead atoms. The summed E-state index contributed by atoms with van der Waals surface area (Å²) < 4.78 is 5.40. The van der Waals surface area contributed by atoms with Crippen LogP contribution in [0.5, 0.6) is 0 Å². The summed E-state index contributed by atoms with van der Waals surface area (Å²) in [6.45, 7) is 5.15. The number of rotatable bonds is 1. The van der Waals surface area contributed by atoms with Crippen molar-refractivity contribution in [1.29, 1.82) is 0 Å². The molecule has 1 saturated heterocycles. The Morgan fingerprint density at radius 2 is 2.22 bits per heavy atom. The van der Waals surface area contributed by atoms with Gasteiger partial charge in [-0.1, -0.05) is 13.8 Å². The molecule has 2 heteroatoms. The topological polar surface area (TPSA) is 35.2 Å². The quantitative estimate of drug-likeness (QED) is 0.567. The van der Waals surface area contributed by atoms with Crippen molar-refractivity contribution in [3.05, 3.63) is 0 Å². The van der Waals surface area contributed by atoms with Gasteiger partial charge < -0.3 is 10.5 Å². The molecule has 2 N–H and O–H groups in total. The van der Waals surface area contributed by atoms with Crippen molar-refractivity contribution in [2.45, 2.75) is 32.4 Å². The second kappa shape index (κ2) is 2.67. The molecule has 2 nitrogen and oxygen atoms in total. The molecule has 1 fully saturated rings.